The summed E-state index contributed by atoms with van der Waals surface area (Å²) in [5, 5.41) is 4.20. The quantitative estimate of drug-likeness (QED) is 0.631. The molecule has 0 bridgehead atoms. The Morgan fingerprint density at radius 3 is 2.69 bits per heavy atom. The van der Waals surface area contributed by atoms with Crippen molar-refractivity contribution in [2.24, 2.45) is 5.92 Å². The molecule has 9 heteroatoms. The van der Waals surface area contributed by atoms with E-state index in [0.717, 1.165) is 24.2 Å². The lowest BCUT2D eigenvalue weighted by Crippen LogP contribution is -2.46. The van der Waals surface area contributed by atoms with Crippen LogP contribution < -0.4 is 5.32 Å². The van der Waals surface area contributed by atoms with Crippen LogP contribution >= 0.6 is 35.0 Å². The maximum absolute atomic E-state index is 12.3. The van der Waals surface area contributed by atoms with Crippen LogP contribution in [0.2, 0.25) is 10.0 Å². The van der Waals surface area contributed by atoms with E-state index >= 15 is 0 Å². The molecule has 5 nitrogen and oxygen atoms in total. The Morgan fingerprint density at radius 2 is 2.04 bits per heavy atom. The number of amides is 1. The van der Waals surface area contributed by atoms with Gasteiger partial charge in [0.1, 0.15) is 0 Å². The summed E-state index contributed by atoms with van der Waals surface area (Å²) in [6.45, 7) is 2.95. The van der Waals surface area contributed by atoms with E-state index in [9.17, 15) is 13.2 Å². The van der Waals surface area contributed by atoms with Crippen molar-refractivity contribution in [3.05, 3.63) is 33.8 Å². The molecule has 0 aliphatic carbocycles. The van der Waals surface area contributed by atoms with Gasteiger partial charge in [-0.15, -0.1) is 0 Å². The molecule has 1 aliphatic heterocycles. The molecule has 1 N–H and O–H groups in total. The Bertz CT molecular complexity index is 708. The fraction of sp³-hybridized carbons (Fsp3) is 0.588. The largest absolute Gasteiger partial charge is 0.355 e. The molecule has 1 aromatic carbocycles. The van der Waals surface area contributed by atoms with E-state index in [1.165, 1.54) is 4.31 Å². The molecular weight excluding hydrogens is 415 g/mol. The zero-order chi connectivity index (χ0) is 19.2. The van der Waals surface area contributed by atoms with Gasteiger partial charge >= 0.3 is 0 Å². The zero-order valence-electron chi connectivity index (χ0n) is 14.7. The van der Waals surface area contributed by atoms with Crippen molar-refractivity contribution < 1.29 is 13.2 Å². The van der Waals surface area contributed by atoms with Gasteiger partial charge in [0.2, 0.25) is 15.9 Å². The van der Waals surface area contributed by atoms with Gasteiger partial charge in [0.15, 0.2) is 0 Å². The number of thioether (sulfide) groups is 1. The molecule has 1 atom stereocenters. The maximum atomic E-state index is 12.3. The predicted molar refractivity (Wildman–Crippen MR) is 109 cm³/mol. The highest BCUT2D eigenvalue weighted by Gasteiger charge is 2.31. The molecule has 1 amide bonds. The summed E-state index contributed by atoms with van der Waals surface area (Å²) < 4.78 is 25.4. The summed E-state index contributed by atoms with van der Waals surface area (Å²) in [5.74, 6) is 1.14. The fourth-order valence-corrected chi connectivity index (χ4v) is 5.60. The average Bonchev–Trinajstić information content (AvgIpc) is 2.63. The fourth-order valence-electron chi connectivity index (χ4n) is 2.83. The normalized spacial score (nSPS) is 18.7. The van der Waals surface area contributed by atoms with Gasteiger partial charge in [-0.2, -0.15) is 11.8 Å². The van der Waals surface area contributed by atoms with E-state index in [1.807, 2.05) is 18.2 Å². The van der Waals surface area contributed by atoms with Crippen LogP contribution in [0.25, 0.3) is 0 Å². The van der Waals surface area contributed by atoms with Crippen LogP contribution in [0, 0.1) is 5.92 Å². The highest BCUT2D eigenvalue weighted by atomic mass is 35.5. The van der Waals surface area contributed by atoms with Gasteiger partial charge in [0, 0.05) is 41.2 Å². The first kappa shape index (κ1) is 21.8. The molecule has 146 valence electrons. The van der Waals surface area contributed by atoms with Gasteiger partial charge < -0.3 is 5.32 Å². The van der Waals surface area contributed by atoms with Gasteiger partial charge in [-0.3, -0.25) is 4.79 Å². The number of carbonyl (C=O) groups excluding carboxylic acids is 1. The van der Waals surface area contributed by atoms with E-state index in [4.69, 9.17) is 23.2 Å². The first-order valence-corrected chi connectivity index (χ1v) is 12.1. The van der Waals surface area contributed by atoms with Crippen molar-refractivity contribution in [2.75, 3.05) is 31.1 Å². The molecular formula is C17H24Cl2N2O3S2. The van der Waals surface area contributed by atoms with E-state index in [0.29, 0.717) is 28.9 Å². The van der Waals surface area contributed by atoms with E-state index in [-0.39, 0.29) is 24.1 Å². The Morgan fingerprint density at radius 1 is 1.35 bits per heavy atom. The van der Waals surface area contributed by atoms with Crippen LogP contribution in [0.3, 0.4) is 0 Å². The molecule has 1 aromatic rings. The number of nitrogens with zero attached hydrogens (tertiary/aromatic N) is 1. The number of rotatable bonds is 8. The van der Waals surface area contributed by atoms with Crippen molar-refractivity contribution in [1.82, 2.24) is 9.62 Å². The summed E-state index contributed by atoms with van der Waals surface area (Å²) in [6, 6.07) is 5.43. The van der Waals surface area contributed by atoms with Crippen molar-refractivity contribution >= 4 is 50.9 Å². The average molecular weight is 439 g/mol. The minimum atomic E-state index is -3.23. The Balaban J connectivity index is 1.73. The summed E-state index contributed by atoms with van der Waals surface area (Å²) in [5.41, 5.74) is 0.903. The second-order valence-corrected chi connectivity index (χ2v) is 10.3. The van der Waals surface area contributed by atoms with Gasteiger partial charge in [-0.25, -0.2) is 12.7 Å². The molecule has 2 rings (SSSR count). The zero-order valence-corrected chi connectivity index (χ0v) is 17.9. The van der Waals surface area contributed by atoms with Crippen LogP contribution in [0.15, 0.2) is 18.2 Å². The smallest absolute Gasteiger partial charge is 0.224 e. The van der Waals surface area contributed by atoms with Gasteiger partial charge in [-0.1, -0.05) is 29.3 Å². The van der Waals surface area contributed by atoms with Crippen LogP contribution in [0.1, 0.15) is 25.3 Å². The first-order chi connectivity index (χ1) is 12.3. The number of halogens is 2. The van der Waals surface area contributed by atoms with Crippen LogP contribution in [-0.2, 0) is 20.6 Å². The summed E-state index contributed by atoms with van der Waals surface area (Å²) in [6.07, 6.45) is 1.45. The van der Waals surface area contributed by atoms with Crippen LogP contribution in [-0.4, -0.2) is 49.8 Å². The van der Waals surface area contributed by atoms with Crippen LogP contribution in [0.5, 0.6) is 0 Å². The van der Waals surface area contributed by atoms with Gasteiger partial charge in [-0.05, 0) is 37.5 Å². The third kappa shape index (κ3) is 6.02. The molecule has 0 radical (unpaired) electrons. The number of carbonyl (C=O) groups is 1. The lowest BCUT2D eigenvalue weighted by molar-refractivity contribution is -0.125. The van der Waals surface area contributed by atoms with Crippen molar-refractivity contribution in [3.8, 4) is 0 Å². The highest BCUT2D eigenvalue weighted by molar-refractivity contribution is 7.98. The molecule has 1 unspecified atom stereocenters. The molecule has 26 heavy (non-hydrogen) atoms. The Kier molecular flexibility index (Phi) is 8.54. The Hall–Kier alpha value is -0.470. The number of sulfonamides is 1. The molecule has 1 aliphatic rings. The lowest BCUT2D eigenvalue weighted by atomic mass is 9.99. The van der Waals surface area contributed by atoms with Crippen molar-refractivity contribution in [3.63, 3.8) is 0 Å². The van der Waals surface area contributed by atoms with Crippen molar-refractivity contribution in [1.29, 1.82) is 0 Å². The molecule has 1 fully saturated rings. The minimum Gasteiger partial charge on any atom is -0.355 e. The summed E-state index contributed by atoms with van der Waals surface area (Å²) >= 11 is 13.9. The minimum absolute atomic E-state index is 0.0719. The van der Waals surface area contributed by atoms with E-state index in [1.54, 1.807) is 18.7 Å². The summed E-state index contributed by atoms with van der Waals surface area (Å²) in [7, 11) is -3.23. The third-order valence-electron chi connectivity index (χ3n) is 4.37. The van der Waals surface area contributed by atoms with E-state index in [2.05, 4.69) is 5.32 Å². The molecule has 1 saturated heterocycles. The van der Waals surface area contributed by atoms with Gasteiger partial charge in [0.05, 0.1) is 11.7 Å². The first-order valence-electron chi connectivity index (χ1n) is 8.61. The van der Waals surface area contributed by atoms with Gasteiger partial charge in [0.25, 0.3) is 0 Å². The Labute approximate surface area is 169 Å². The predicted octanol–water partition coefficient (Wildman–Crippen LogP) is 3.40. The number of hydrogen-bond acceptors (Lipinski definition) is 4. The number of hydrogen-bond donors (Lipinski definition) is 1. The van der Waals surface area contributed by atoms with E-state index < -0.39 is 10.0 Å². The second kappa shape index (κ2) is 10.2. The maximum Gasteiger partial charge on any atom is 0.224 e. The molecule has 1 heterocycles. The molecule has 0 saturated carbocycles. The second-order valence-electron chi connectivity index (χ2n) is 6.14. The number of benzene rings is 1. The van der Waals surface area contributed by atoms with Crippen molar-refractivity contribution in [2.45, 2.75) is 25.5 Å². The monoisotopic (exact) mass is 438 g/mol. The highest BCUT2D eigenvalue weighted by Crippen LogP contribution is 2.28. The van der Waals surface area contributed by atoms with Crippen LogP contribution in [0.4, 0.5) is 0 Å². The SMILES string of the molecule is CCS(=O)(=O)N1CCCC(C(=O)NCCSCc2c(Cl)cccc2Cl)C1. The summed E-state index contributed by atoms with van der Waals surface area (Å²) in [4.78, 5) is 12.3. The number of piperidine rings is 1. The lowest BCUT2D eigenvalue weighted by Gasteiger charge is -2.30. The standard InChI is InChI=1S/C17H24Cl2N2O3S2/c1-2-26(23,24)21-9-4-5-13(11-21)17(22)20-8-10-25-12-14-15(18)6-3-7-16(14)19/h3,6-7,13H,2,4-5,8-12H2,1H3,(H,20,22). The third-order valence-corrected chi connectivity index (χ3v) is 7.91. The number of nitrogens with one attached hydrogen (secondary N) is 1. The topological polar surface area (TPSA) is 66.5 Å². The molecule has 0 spiro atoms. The molecule has 0 aromatic heterocycles.